The Hall–Kier alpha value is -2.52. The number of sulfone groups is 1. The molecule has 1 N–H and O–H groups in total. The van der Waals surface area contributed by atoms with Crippen molar-refractivity contribution < 1.29 is 13.5 Å². The Morgan fingerprint density at radius 1 is 1.19 bits per heavy atom. The van der Waals surface area contributed by atoms with Gasteiger partial charge in [-0.2, -0.15) is 0 Å². The standard InChI is InChI=1S/C22H29N5O3S/c1-13(2)19-20-25-17-8-7-15(31(6,29)30)11-18(17)26(20)9-10-27(19)21-23-12-16(14(3)24-21)22(4,5)28/h7-8,11-13,19,28H,9-10H2,1-6H3/t19-/m0/s1. The molecule has 0 unspecified atom stereocenters. The maximum atomic E-state index is 12.0. The molecule has 9 heteroatoms. The van der Waals surface area contributed by atoms with Gasteiger partial charge in [-0.25, -0.2) is 23.4 Å². The summed E-state index contributed by atoms with van der Waals surface area (Å²) in [5, 5.41) is 10.4. The number of aliphatic hydroxyl groups is 1. The van der Waals surface area contributed by atoms with Crippen LogP contribution in [0.1, 0.15) is 50.8 Å². The molecule has 0 saturated heterocycles. The molecular weight excluding hydrogens is 414 g/mol. The van der Waals surface area contributed by atoms with E-state index in [1.165, 1.54) is 6.26 Å². The van der Waals surface area contributed by atoms with E-state index in [-0.39, 0.29) is 12.0 Å². The molecule has 8 nitrogen and oxygen atoms in total. The van der Waals surface area contributed by atoms with Crippen molar-refractivity contribution in [3.8, 4) is 0 Å². The fraction of sp³-hybridized carbons (Fsp3) is 0.500. The topological polar surface area (TPSA) is 101 Å². The first-order valence-corrected chi connectivity index (χ1v) is 12.3. The van der Waals surface area contributed by atoms with E-state index in [2.05, 4.69) is 28.3 Å². The smallest absolute Gasteiger partial charge is 0.226 e. The van der Waals surface area contributed by atoms with Crippen LogP contribution < -0.4 is 4.90 Å². The van der Waals surface area contributed by atoms with E-state index < -0.39 is 15.4 Å². The number of aryl methyl sites for hydroxylation is 1. The number of imidazole rings is 1. The maximum Gasteiger partial charge on any atom is 0.226 e. The SMILES string of the molecule is Cc1nc(N2CCn3c(nc4ccc(S(C)(=O)=O)cc43)[C@@H]2C(C)C)ncc1C(C)(C)O. The molecule has 0 spiro atoms. The zero-order valence-electron chi connectivity index (χ0n) is 18.8. The van der Waals surface area contributed by atoms with E-state index >= 15 is 0 Å². The molecule has 0 saturated carbocycles. The highest BCUT2D eigenvalue weighted by atomic mass is 32.2. The molecule has 166 valence electrons. The first kappa shape index (κ1) is 21.7. The summed E-state index contributed by atoms with van der Waals surface area (Å²) in [4.78, 5) is 16.6. The summed E-state index contributed by atoms with van der Waals surface area (Å²) in [6, 6.07) is 5.04. The van der Waals surface area contributed by atoms with Crippen LogP contribution in [0, 0.1) is 12.8 Å². The number of fused-ring (bicyclic) bond motifs is 3. The van der Waals surface area contributed by atoms with E-state index in [9.17, 15) is 13.5 Å². The second-order valence-corrected chi connectivity index (χ2v) is 11.2. The van der Waals surface area contributed by atoms with Crippen molar-refractivity contribution >= 4 is 26.8 Å². The molecule has 0 amide bonds. The van der Waals surface area contributed by atoms with Gasteiger partial charge < -0.3 is 14.6 Å². The van der Waals surface area contributed by atoms with Gasteiger partial charge in [0.05, 0.1) is 27.6 Å². The summed E-state index contributed by atoms with van der Waals surface area (Å²) >= 11 is 0. The summed E-state index contributed by atoms with van der Waals surface area (Å²) in [6.45, 7) is 10.9. The van der Waals surface area contributed by atoms with E-state index in [0.29, 0.717) is 29.5 Å². The number of benzene rings is 1. The Morgan fingerprint density at radius 3 is 2.48 bits per heavy atom. The zero-order chi connectivity index (χ0) is 22.7. The van der Waals surface area contributed by atoms with Crippen molar-refractivity contribution in [2.75, 3.05) is 17.7 Å². The molecule has 2 aromatic heterocycles. The highest BCUT2D eigenvalue weighted by Crippen LogP contribution is 2.37. The van der Waals surface area contributed by atoms with Crippen molar-refractivity contribution in [2.24, 2.45) is 5.92 Å². The fourth-order valence-corrected chi connectivity index (χ4v) is 5.02. The lowest BCUT2D eigenvalue weighted by Gasteiger charge is -2.38. The molecule has 31 heavy (non-hydrogen) atoms. The van der Waals surface area contributed by atoms with Crippen LogP contribution in [0.25, 0.3) is 11.0 Å². The molecule has 1 atom stereocenters. The lowest BCUT2D eigenvalue weighted by molar-refractivity contribution is 0.0770. The van der Waals surface area contributed by atoms with Crippen LogP contribution in [0.2, 0.25) is 0 Å². The average molecular weight is 444 g/mol. The van der Waals surface area contributed by atoms with Crippen LogP contribution >= 0.6 is 0 Å². The predicted molar refractivity (Wildman–Crippen MR) is 120 cm³/mol. The van der Waals surface area contributed by atoms with Crippen LogP contribution in [-0.2, 0) is 22.0 Å². The highest BCUT2D eigenvalue weighted by molar-refractivity contribution is 7.90. The van der Waals surface area contributed by atoms with E-state index in [4.69, 9.17) is 9.97 Å². The third-order valence-corrected chi connectivity index (χ3v) is 6.97. The second-order valence-electron chi connectivity index (χ2n) is 9.15. The summed E-state index contributed by atoms with van der Waals surface area (Å²) < 4.78 is 26.2. The third-order valence-electron chi connectivity index (χ3n) is 5.86. The molecule has 1 aliphatic heterocycles. The predicted octanol–water partition coefficient (Wildman–Crippen LogP) is 2.98. The van der Waals surface area contributed by atoms with Gasteiger partial charge in [0.1, 0.15) is 5.82 Å². The first-order valence-electron chi connectivity index (χ1n) is 10.4. The minimum absolute atomic E-state index is 0.0600. The first-order chi connectivity index (χ1) is 14.4. The molecule has 0 aliphatic carbocycles. The fourth-order valence-electron chi connectivity index (χ4n) is 4.38. The minimum atomic E-state index is -3.30. The lowest BCUT2D eigenvalue weighted by atomic mass is 9.98. The van der Waals surface area contributed by atoms with Crippen LogP contribution in [0.3, 0.4) is 0 Å². The van der Waals surface area contributed by atoms with Gasteiger partial charge in [-0.05, 0) is 44.9 Å². The molecule has 0 fully saturated rings. The van der Waals surface area contributed by atoms with Crippen molar-refractivity contribution in [3.05, 3.63) is 41.5 Å². The van der Waals surface area contributed by atoms with Gasteiger partial charge in [-0.1, -0.05) is 13.8 Å². The molecule has 3 heterocycles. The Bertz CT molecular complexity index is 1260. The van der Waals surface area contributed by atoms with Gasteiger partial charge in [-0.3, -0.25) is 0 Å². The number of rotatable bonds is 4. The lowest BCUT2D eigenvalue weighted by Crippen LogP contribution is -2.42. The summed E-state index contributed by atoms with van der Waals surface area (Å²) in [7, 11) is -3.30. The number of anilines is 1. The molecule has 1 aliphatic rings. The van der Waals surface area contributed by atoms with Crippen LogP contribution in [0.5, 0.6) is 0 Å². The molecule has 4 rings (SSSR count). The second kappa shape index (κ2) is 7.27. The Balaban J connectivity index is 1.81. The third kappa shape index (κ3) is 3.80. The number of hydrogen-bond donors (Lipinski definition) is 1. The van der Waals surface area contributed by atoms with Crippen molar-refractivity contribution in [1.82, 2.24) is 19.5 Å². The van der Waals surface area contributed by atoms with E-state index in [0.717, 1.165) is 22.6 Å². The van der Waals surface area contributed by atoms with Gasteiger partial charge in [0.25, 0.3) is 0 Å². The van der Waals surface area contributed by atoms with E-state index in [1.807, 2.05) is 6.92 Å². The molecular formula is C22H29N5O3S. The van der Waals surface area contributed by atoms with Gasteiger partial charge in [0.2, 0.25) is 5.95 Å². The summed E-state index contributed by atoms with van der Waals surface area (Å²) in [5.41, 5.74) is 2.06. The van der Waals surface area contributed by atoms with Crippen molar-refractivity contribution in [1.29, 1.82) is 0 Å². The summed E-state index contributed by atoms with van der Waals surface area (Å²) in [6.07, 6.45) is 2.92. The molecule has 3 aromatic rings. The molecule has 1 aromatic carbocycles. The quantitative estimate of drug-likeness (QED) is 0.661. The Kier molecular flexibility index (Phi) is 5.09. The van der Waals surface area contributed by atoms with Gasteiger partial charge in [0.15, 0.2) is 9.84 Å². The van der Waals surface area contributed by atoms with Crippen molar-refractivity contribution in [2.45, 2.75) is 57.7 Å². The largest absolute Gasteiger partial charge is 0.386 e. The van der Waals surface area contributed by atoms with Crippen LogP contribution in [-0.4, -0.2) is 45.8 Å². The van der Waals surface area contributed by atoms with E-state index in [1.54, 1.807) is 38.2 Å². The average Bonchev–Trinajstić information content (AvgIpc) is 3.02. The van der Waals surface area contributed by atoms with Gasteiger partial charge in [0, 0.05) is 36.8 Å². The number of hydrogen-bond acceptors (Lipinski definition) is 7. The van der Waals surface area contributed by atoms with Crippen molar-refractivity contribution in [3.63, 3.8) is 0 Å². The molecule has 0 bridgehead atoms. The zero-order valence-corrected chi connectivity index (χ0v) is 19.6. The molecule has 0 radical (unpaired) electrons. The number of nitrogens with zero attached hydrogens (tertiary/aromatic N) is 5. The monoisotopic (exact) mass is 443 g/mol. The Morgan fingerprint density at radius 2 is 1.90 bits per heavy atom. The van der Waals surface area contributed by atoms with Crippen LogP contribution in [0.15, 0.2) is 29.3 Å². The summed E-state index contributed by atoms with van der Waals surface area (Å²) in [5.74, 6) is 1.72. The van der Waals surface area contributed by atoms with Gasteiger partial charge >= 0.3 is 0 Å². The maximum absolute atomic E-state index is 12.0. The minimum Gasteiger partial charge on any atom is -0.386 e. The van der Waals surface area contributed by atoms with Gasteiger partial charge in [-0.15, -0.1) is 0 Å². The number of aromatic nitrogens is 4. The normalized spacial score (nSPS) is 17.4. The Labute approximate surface area is 182 Å². The van der Waals surface area contributed by atoms with Crippen LogP contribution in [0.4, 0.5) is 5.95 Å². The highest BCUT2D eigenvalue weighted by Gasteiger charge is 2.35.